The fourth-order valence-electron chi connectivity index (χ4n) is 2.30. The van der Waals surface area contributed by atoms with Crippen molar-refractivity contribution in [3.05, 3.63) is 0 Å². The number of carbonyl (C=O) groups is 4. The van der Waals surface area contributed by atoms with Crippen molar-refractivity contribution in [1.82, 2.24) is 0 Å². The average molecular weight is 458 g/mol. The predicted octanol–water partition coefficient (Wildman–Crippen LogP) is 2.74. The molecule has 0 aromatic carbocycles. The fraction of sp³-hybridized carbons (Fsp3) is 0.778. The molecule has 0 aromatic heterocycles. The quantitative estimate of drug-likeness (QED) is 0.183. The maximum Gasteiger partial charge on any atom is 0.336 e. The van der Waals surface area contributed by atoms with Crippen molar-refractivity contribution >= 4 is 23.9 Å². The Morgan fingerprint density at radius 1 is 0.643 bits per heavy atom. The van der Waals surface area contributed by atoms with Gasteiger partial charge in [-0.25, -0.2) is 4.79 Å². The van der Waals surface area contributed by atoms with Crippen LogP contribution in [-0.4, -0.2) is 55.0 Å². The molecule has 0 aliphatic heterocycles. The molecule has 0 fully saturated rings. The average Bonchev–Trinajstić information content (AvgIpc) is 2.52. The minimum Gasteiger partial charge on any atom is -0.481 e. The molecule has 0 heterocycles. The van der Waals surface area contributed by atoms with Crippen LogP contribution in [0.1, 0.15) is 84.0 Å². The van der Waals surface area contributed by atoms with E-state index in [-0.39, 0.29) is 19.5 Å². The van der Waals surface area contributed by atoms with Gasteiger partial charge in [-0.05, 0) is 6.42 Å². The number of carboxylic acids is 4. The zero-order chi connectivity index (χ0) is 21.3. The van der Waals surface area contributed by atoms with E-state index in [1.807, 2.05) is 0 Å². The van der Waals surface area contributed by atoms with Crippen molar-refractivity contribution in [2.45, 2.75) is 89.6 Å². The van der Waals surface area contributed by atoms with Crippen LogP contribution in [0.4, 0.5) is 0 Å². The summed E-state index contributed by atoms with van der Waals surface area (Å²) in [7, 11) is 0. The first kappa shape index (κ1) is 31.2. The molecule has 0 aliphatic carbocycles. The number of unbranched alkanes of at least 4 members (excludes halogenated alkanes) is 8. The largest absolute Gasteiger partial charge is 0.481 e. The second kappa shape index (κ2) is 18.8. The van der Waals surface area contributed by atoms with Gasteiger partial charge >= 0.3 is 23.9 Å². The number of aliphatic carboxylic acids is 4. The van der Waals surface area contributed by atoms with E-state index in [0.717, 1.165) is 12.8 Å². The maximum absolute atomic E-state index is 10.3. The Morgan fingerprint density at radius 2 is 1.00 bits per heavy atom. The Hall–Kier alpha value is -1.54. The zero-order valence-corrected chi connectivity index (χ0v) is 19.5. The monoisotopic (exact) mass is 456 g/mol. The summed E-state index contributed by atoms with van der Waals surface area (Å²) in [5, 5.41) is 42.2. The Labute approximate surface area is 177 Å². The predicted molar refractivity (Wildman–Crippen MR) is 96.6 cm³/mol. The SMILES string of the molecule is CCCCCCCCCCCC(=O)O.O=C(O)CC(O)(CC(=O)O)C(=O)O.[Zn]. The van der Waals surface area contributed by atoms with Gasteiger partial charge in [0.15, 0.2) is 5.60 Å². The number of aliphatic hydroxyl groups is 1. The van der Waals surface area contributed by atoms with Crippen LogP contribution in [0.15, 0.2) is 0 Å². The number of rotatable bonds is 15. The molecule has 0 aliphatic rings. The van der Waals surface area contributed by atoms with Gasteiger partial charge in [-0.1, -0.05) is 58.3 Å². The van der Waals surface area contributed by atoms with E-state index < -0.39 is 42.3 Å². The van der Waals surface area contributed by atoms with E-state index in [9.17, 15) is 19.2 Å². The summed E-state index contributed by atoms with van der Waals surface area (Å²) in [5.74, 6) is -5.68. The third-order valence-corrected chi connectivity index (χ3v) is 3.78. The van der Waals surface area contributed by atoms with E-state index >= 15 is 0 Å². The number of hydrogen-bond donors (Lipinski definition) is 5. The minimum absolute atomic E-state index is 0. The van der Waals surface area contributed by atoms with Crippen LogP contribution in [0.5, 0.6) is 0 Å². The molecule has 28 heavy (non-hydrogen) atoms. The molecule has 0 rings (SSSR count). The van der Waals surface area contributed by atoms with Gasteiger partial charge in [0.2, 0.25) is 0 Å². The molecule has 0 unspecified atom stereocenters. The summed E-state index contributed by atoms with van der Waals surface area (Å²) in [5.41, 5.74) is -2.74. The molecule has 0 bridgehead atoms. The molecule has 0 saturated heterocycles. The summed E-state index contributed by atoms with van der Waals surface area (Å²) >= 11 is 0. The normalized spacial score (nSPS) is 10.2. The van der Waals surface area contributed by atoms with E-state index in [2.05, 4.69) is 6.92 Å². The van der Waals surface area contributed by atoms with Gasteiger partial charge in [0.05, 0.1) is 12.8 Å². The van der Waals surface area contributed by atoms with Crippen molar-refractivity contribution in [1.29, 1.82) is 0 Å². The summed E-state index contributed by atoms with van der Waals surface area (Å²) in [4.78, 5) is 40.7. The first-order chi connectivity index (χ1) is 12.5. The van der Waals surface area contributed by atoms with Crippen LogP contribution in [0.2, 0.25) is 0 Å². The Bertz CT molecular complexity index is 450. The van der Waals surface area contributed by atoms with Crippen LogP contribution in [0.25, 0.3) is 0 Å². The van der Waals surface area contributed by atoms with Crippen LogP contribution in [-0.2, 0) is 38.7 Å². The maximum atomic E-state index is 10.3. The van der Waals surface area contributed by atoms with E-state index in [0.29, 0.717) is 6.42 Å². The summed E-state index contributed by atoms with van der Waals surface area (Å²) in [6, 6.07) is 0. The third-order valence-electron chi connectivity index (χ3n) is 3.78. The molecule has 0 radical (unpaired) electrons. The standard InChI is InChI=1S/C12H24O2.C6H8O7.Zn/c1-2-3-4-5-6-7-8-9-10-11-12(13)14;7-3(8)1-6(13,5(11)12)2-4(9)10;/h2-11H2,1H3,(H,13,14);13H,1-2H2,(H,7,8)(H,9,10)(H,11,12);. The molecule has 0 amide bonds. The van der Waals surface area contributed by atoms with Gasteiger partial charge in [0.1, 0.15) is 0 Å². The molecule has 5 N–H and O–H groups in total. The zero-order valence-electron chi connectivity index (χ0n) is 16.6. The summed E-state index contributed by atoms with van der Waals surface area (Å²) in [6.45, 7) is 2.23. The van der Waals surface area contributed by atoms with Crippen molar-refractivity contribution in [2.24, 2.45) is 0 Å². The van der Waals surface area contributed by atoms with Gasteiger partial charge < -0.3 is 25.5 Å². The molecule has 0 aromatic rings. The third kappa shape index (κ3) is 20.8. The first-order valence-corrected chi connectivity index (χ1v) is 9.16. The van der Waals surface area contributed by atoms with Crippen molar-refractivity contribution < 1.29 is 64.2 Å². The molecular weight excluding hydrogens is 426 g/mol. The Kier molecular flexibility index (Phi) is 20.9. The van der Waals surface area contributed by atoms with Gasteiger partial charge in [-0.15, -0.1) is 0 Å². The van der Waals surface area contributed by atoms with Crippen LogP contribution >= 0.6 is 0 Å². The molecule has 0 spiro atoms. The topological polar surface area (TPSA) is 169 Å². The minimum atomic E-state index is -2.74. The molecule has 0 atom stereocenters. The molecule has 0 saturated carbocycles. The van der Waals surface area contributed by atoms with Gasteiger partial charge in [0.25, 0.3) is 0 Å². The van der Waals surface area contributed by atoms with Crippen LogP contribution < -0.4 is 0 Å². The second-order valence-corrected chi connectivity index (χ2v) is 6.45. The smallest absolute Gasteiger partial charge is 0.336 e. The van der Waals surface area contributed by atoms with Gasteiger partial charge in [0, 0.05) is 25.9 Å². The fourth-order valence-corrected chi connectivity index (χ4v) is 2.30. The van der Waals surface area contributed by atoms with Crippen molar-refractivity contribution in [2.75, 3.05) is 0 Å². The Morgan fingerprint density at radius 3 is 1.29 bits per heavy atom. The summed E-state index contributed by atoms with van der Waals surface area (Å²) < 4.78 is 0. The van der Waals surface area contributed by atoms with Gasteiger partial charge in [-0.2, -0.15) is 0 Å². The number of carboxylic acid groups (broad SMARTS) is 4. The molecule has 160 valence electrons. The van der Waals surface area contributed by atoms with Crippen LogP contribution in [0, 0.1) is 0 Å². The van der Waals surface area contributed by atoms with E-state index in [1.165, 1.54) is 44.9 Å². The molecular formula is C18H32O9Zn. The van der Waals surface area contributed by atoms with Crippen LogP contribution in [0.3, 0.4) is 0 Å². The number of hydrogen-bond acceptors (Lipinski definition) is 5. The molecule has 9 nitrogen and oxygen atoms in total. The Balaban J connectivity index is -0.000000432. The van der Waals surface area contributed by atoms with E-state index in [4.69, 9.17) is 25.5 Å². The molecule has 10 heteroatoms. The summed E-state index contributed by atoms with van der Waals surface area (Å²) in [6.07, 6.45) is 9.19. The van der Waals surface area contributed by atoms with Crippen molar-refractivity contribution in [3.8, 4) is 0 Å². The first-order valence-electron chi connectivity index (χ1n) is 9.16. The van der Waals surface area contributed by atoms with Crippen molar-refractivity contribution in [3.63, 3.8) is 0 Å². The second-order valence-electron chi connectivity index (χ2n) is 6.45. The van der Waals surface area contributed by atoms with Gasteiger partial charge in [-0.3, -0.25) is 14.4 Å². The van der Waals surface area contributed by atoms with E-state index in [1.54, 1.807) is 0 Å².